The van der Waals surface area contributed by atoms with E-state index in [0.29, 0.717) is 29.4 Å². The lowest BCUT2D eigenvalue weighted by Crippen LogP contribution is -2.49. The van der Waals surface area contributed by atoms with E-state index in [0.717, 1.165) is 17.3 Å². The molecule has 0 radical (unpaired) electrons. The molecule has 0 saturated heterocycles. The van der Waals surface area contributed by atoms with Gasteiger partial charge in [0.15, 0.2) is 5.69 Å². The number of halogens is 3. The van der Waals surface area contributed by atoms with Crippen molar-refractivity contribution in [3.63, 3.8) is 0 Å². The van der Waals surface area contributed by atoms with Gasteiger partial charge < -0.3 is 15.5 Å². The minimum atomic E-state index is -4.48. The topological polar surface area (TPSA) is 92.9 Å². The van der Waals surface area contributed by atoms with Gasteiger partial charge in [-0.2, -0.15) is 23.4 Å². The fourth-order valence-electron chi connectivity index (χ4n) is 4.19. The molecule has 0 fully saturated rings. The molecule has 1 aliphatic heterocycles. The van der Waals surface area contributed by atoms with Crippen LogP contribution in [0.25, 0.3) is 0 Å². The first kappa shape index (κ1) is 23.6. The second-order valence-electron chi connectivity index (χ2n) is 8.82. The van der Waals surface area contributed by atoms with Crippen molar-refractivity contribution in [2.45, 2.75) is 46.1 Å². The number of rotatable bonds is 6. The van der Waals surface area contributed by atoms with Crippen LogP contribution in [-0.4, -0.2) is 43.5 Å². The first-order chi connectivity index (χ1) is 15.9. The van der Waals surface area contributed by atoms with Gasteiger partial charge in [0, 0.05) is 38.5 Å². The number of hydrogen-bond acceptors (Lipinski definition) is 6. The number of nitrogens with one attached hydrogen (secondary N) is 2. The zero-order chi connectivity index (χ0) is 24.8. The van der Waals surface area contributed by atoms with Gasteiger partial charge in [-0.15, -0.1) is 0 Å². The summed E-state index contributed by atoms with van der Waals surface area (Å²) in [7, 11) is 3.38. The van der Waals surface area contributed by atoms with Crippen molar-refractivity contribution in [3.05, 3.63) is 47.2 Å². The van der Waals surface area contributed by atoms with E-state index >= 15 is 0 Å². The average Bonchev–Trinajstić information content (AvgIpc) is 3.34. The number of carbonyl (C=O) groups excluding carboxylic acids is 1. The lowest BCUT2D eigenvalue weighted by Gasteiger charge is -2.38. The molecule has 0 bridgehead atoms. The number of carbonyl (C=O) groups is 1. The van der Waals surface area contributed by atoms with Crippen LogP contribution in [-0.2, 0) is 31.1 Å². The molecular weight excluding hydrogens is 449 g/mol. The molecule has 0 aliphatic carbocycles. The predicted molar refractivity (Wildman–Crippen MR) is 121 cm³/mol. The number of amides is 1. The summed E-state index contributed by atoms with van der Waals surface area (Å²) >= 11 is 0. The fraction of sp³-hybridized carbons (Fsp3) is 0.455. The number of alkyl halides is 3. The van der Waals surface area contributed by atoms with Gasteiger partial charge in [0.1, 0.15) is 11.9 Å². The maximum absolute atomic E-state index is 12.9. The molecule has 9 nitrogen and oxygen atoms in total. The predicted octanol–water partition coefficient (Wildman–Crippen LogP) is 3.41. The molecule has 4 rings (SSSR count). The summed E-state index contributed by atoms with van der Waals surface area (Å²) in [5, 5.41) is 14.0. The van der Waals surface area contributed by atoms with E-state index in [2.05, 4.69) is 25.8 Å². The van der Waals surface area contributed by atoms with Crippen molar-refractivity contribution >= 4 is 23.1 Å². The molecule has 0 spiro atoms. The Morgan fingerprint density at radius 1 is 1.24 bits per heavy atom. The Morgan fingerprint density at radius 3 is 2.62 bits per heavy atom. The largest absolute Gasteiger partial charge is 0.435 e. The summed E-state index contributed by atoms with van der Waals surface area (Å²) in [6.45, 7) is 6.44. The maximum Gasteiger partial charge on any atom is 0.435 e. The van der Waals surface area contributed by atoms with E-state index < -0.39 is 11.9 Å². The van der Waals surface area contributed by atoms with E-state index in [4.69, 9.17) is 0 Å². The van der Waals surface area contributed by atoms with E-state index in [1.54, 1.807) is 17.1 Å². The monoisotopic (exact) mass is 476 g/mol. The quantitative estimate of drug-likeness (QED) is 0.567. The highest BCUT2D eigenvalue weighted by Crippen LogP contribution is 2.36. The summed E-state index contributed by atoms with van der Waals surface area (Å²) in [5.74, 6) is 0.746. The average molecular weight is 477 g/mol. The molecule has 4 heterocycles. The molecule has 0 unspecified atom stereocenters. The Labute approximate surface area is 195 Å². The Kier molecular flexibility index (Phi) is 6.00. The van der Waals surface area contributed by atoms with Gasteiger partial charge in [0.2, 0.25) is 5.91 Å². The van der Waals surface area contributed by atoms with Crippen LogP contribution in [0.2, 0.25) is 0 Å². The number of aryl methyl sites for hydroxylation is 2. The molecule has 1 atom stereocenters. The van der Waals surface area contributed by atoms with Crippen LogP contribution in [0.5, 0.6) is 0 Å². The van der Waals surface area contributed by atoms with Crippen LogP contribution >= 0.6 is 0 Å². The van der Waals surface area contributed by atoms with Crippen LogP contribution in [0.3, 0.4) is 0 Å². The molecule has 3 aromatic rings. The first-order valence-corrected chi connectivity index (χ1v) is 10.8. The minimum absolute atomic E-state index is 0.0428. The van der Waals surface area contributed by atoms with Crippen molar-refractivity contribution in [1.82, 2.24) is 24.5 Å². The SMILES string of the molecule is Cc1nc(NCc2cnn(Cc3cc(C(F)(F)F)nn3C)c2)cc2c1NC(=O)[C@H](C(C)C)N2C. The third-order valence-electron chi connectivity index (χ3n) is 5.88. The zero-order valence-electron chi connectivity index (χ0n) is 19.6. The van der Waals surface area contributed by atoms with Gasteiger partial charge in [0.05, 0.1) is 35.5 Å². The van der Waals surface area contributed by atoms with Crippen molar-refractivity contribution in [1.29, 1.82) is 0 Å². The smallest absolute Gasteiger partial charge is 0.366 e. The third-order valence-corrected chi connectivity index (χ3v) is 5.88. The number of hydrogen-bond donors (Lipinski definition) is 2. The third kappa shape index (κ3) is 4.57. The van der Waals surface area contributed by atoms with Crippen LogP contribution in [0, 0.1) is 12.8 Å². The molecule has 1 amide bonds. The van der Waals surface area contributed by atoms with Crippen LogP contribution in [0.15, 0.2) is 24.5 Å². The first-order valence-electron chi connectivity index (χ1n) is 10.8. The van der Waals surface area contributed by atoms with Crippen molar-refractivity contribution in [2.24, 2.45) is 13.0 Å². The zero-order valence-corrected chi connectivity index (χ0v) is 19.6. The highest BCUT2D eigenvalue weighted by molar-refractivity contribution is 6.04. The maximum atomic E-state index is 12.9. The number of nitrogens with zero attached hydrogens (tertiary/aromatic N) is 6. The van der Waals surface area contributed by atoms with Gasteiger partial charge in [-0.3, -0.25) is 14.2 Å². The number of aromatic nitrogens is 5. The molecular formula is C22H27F3N8O. The fourth-order valence-corrected chi connectivity index (χ4v) is 4.19. The second-order valence-corrected chi connectivity index (χ2v) is 8.82. The standard InChI is InChI=1S/C22H27F3N8O/c1-12(2)20-21(34)29-19-13(3)28-18(7-16(19)31(20)4)26-8-14-9-27-33(10-14)11-15-6-17(22(23,24)25)30-32(15)5/h6-7,9-10,12,20H,8,11H2,1-5H3,(H,26,28)(H,29,34)/t20-/m0/s1. The lowest BCUT2D eigenvalue weighted by atomic mass is 9.98. The van der Waals surface area contributed by atoms with Gasteiger partial charge in [-0.05, 0) is 18.9 Å². The molecule has 1 aliphatic rings. The van der Waals surface area contributed by atoms with E-state index in [1.165, 1.54) is 11.7 Å². The van der Waals surface area contributed by atoms with Crippen LogP contribution in [0.4, 0.5) is 30.4 Å². The summed E-state index contributed by atoms with van der Waals surface area (Å²) in [4.78, 5) is 19.0. The summed E-state index contributed by atoms with van der Waals surface area (Å²) < 4.78 is 41.4. The summed E-state index contributed by atoms with van der Waals surface area (Å²) in [6.07, 6.45) is -1.07. The van der Waals surface area contributed by atoms with Crippen molar-refractivity contribution < 1.29 is 18.0 Å². The number of pyridine rings is 1. The molecule has 0 aromatic carbocycles. The van der Waals surface area contributed by atoms with Gasteiger partial charge >= 0.3 is 6.18 Å². The number of anilines is 3. The second kappa shape index (κ2) is 8.65. The van der Waals surface area contributed by atoms with Gasteiger partial charge in [0.25, 0.3) is 0 Å². The van der Waals surface area contributed by atoms with Gasteiger partial charge in [-0.1, -0.05) is 13.8 Å². The van der Waals surface area contributed by atoms with Crippen molar-refractivity contribution in [3.8, 4) is 0 Å². The Bertz CT molecular complexity index is 1210. The number of fused-ring (bicyclic) bond motifs is 1. The summed E-state index contributed by atoms with van der Waals surface area (Å²) in [5.41, 5.74) is 2.62. The van der Waals surface area contributed by atoms with E-state index in [1.807, 2.05) is 38.8 Å². The molecule has 3 aromatic heterocycles. The van der Waals surface area contributed by atoms with Crippen LogP contribution in [0.1, 0.15) is 36.5 Å². The lowest BCUT2D eigenvalue weighted by molar-refractivity contribution is -0.141. The Morgan fingerprint density at radius 2 is 1.97 bits per heavy atom. The van der Waals surface area contributed by atoms with E-state index in [-0.39, 0.29) is 24.4 Å². The van der Waals surface area contributed by atoms with E-state index in [9.17, 15) is 18.0 Å². The Hall–Kier alpha value is -3.57. The number of likely N-dealkylation sites (N-methyl/N-ethyl adjacent to an activating group) is 1. The molecule has 182 valence electrons. The highest BCUT2D eigenvalue weighted by Gasteiger charge is 2.35. The molecule has 2 N–H and O–H groups in total. The van der Waals surface area contributed by atoms with Crippen molar-refractivity contribution in [2.75, 3.05) is 22.6 Å². The minimum Gasteiger partial charge on any atom is -0.366 e. The molecule has 0 saturated carbocycles. The normalized spacial score (nSPS) is 16.1. The summed E-state index contributed by atoms with van der Waals surface area (Å²) in [6, 6.07) is 2.65. The molecule has 12 heteroatoms. The molecule has 34 heavy (non-hydrogen) atoms. The highest BCUT2D eigenvalue weighted by atomic mass is 19.4. The Balaban J connectivity index is 1.46. The van der Waals surface area contributed by atoms with Gasteiger partial charge in [-0.25, -0.2) is 4.98 Å². The van der Waals surface area contributed by atoms with Crippen LogP contribution < -0.4 is 15.5 Å².